The van der Waals surface area contributed by atoms with Crippen LogP contribution in [0.3, 0.4) is 0 Å². The Morgan fingerprint density at radius 2 is 2.30 bits per heavy atom. The number of rotatable bonds is 3. The van der Waals surface area contributed by atoms with E-state index in [4.69, 9.17) is 5.73 Å². The van der Waals surface area contributed by atoms with Gasteiger partial charge in [-0.2, -0.15) is 0 Å². The predicted molar refractivity (Wildman–Crippen MR) is 81.2 cm³/mol. The number of fused-ring (bicyclic) bond motifs is 1. The summed E-state index contributed by atoms with van der Waals surface area (Å²) in [6.07, 6.45) is 4.48. The fourth-order valence-electron chi connectivity index (χ4n) is 3.60. The van der Waals surface area contributed by atoms with Crippen molar-refractivity contribution in [2.75, 3.05) is 6.54 Å². The quantitative estimate of drug-likeness (QED) is 0.901. The Labute approximate surface area is 119 Å². The van der Waals surface area contributed by atoms with Crippen LogP contribution in [0.1, 0.15) is 37.9 Å². The molecule has 3 nitrogen and oxygen atoms in total. The summed E-state index contributed by atoms with van der Waals surface area (Å²) in [6, 6.07) is 9.98. The van der Waals surface area contributed by atoms with Gasteiger partial charge in [-0.3, -0.25) is 4.98 Å². The van der Waals surface area contributed by atoms with E-state index in [9.17, 15) is 5.11 Å². The molecule has 2 aromatic rings. The summed E-state index contributed by atoms with van der Waals surface area (Å²) in [5.41, 5.74) is 7.78. The molecule has 1 fully saturated rings. The molecule has 1 saturated carbocycles. The number of nitrogens with two attached hydrogens (primary N) is 1. The molecule has 1 aliphatic rings. The standard InChI is InChI=1S/C17H22N2O/c1-12-6-7-17(10-12,11-18)16(20)14-4-5-15-13(9-14)3-2-8-19-15/h2-5,8-9,12,16,20H,6-7,10-11,18H2,1H3. The number of nitrogens with zero attached hydrogens (tertiary/aromatic N) is 1. The van der Waals surface area contributed by atoms with Gasteiger partial charge in [0.05, 0.1) is 11.6 Å². The van der Waals surface area contributed by atoms with Gasteiger partial charge < -0.3 is 10.8 Å². The van der Waals surface area contributed by atoms with E-state index in [1.54, 1.807) is 6.20 Å². The van der Waals surface area contributed by atoms with E-state index in [1.807, 2.05) is 30.3 Å². The summed E-state index contributed by atoms with van der Waals surface area (Å²) >= 11 is 0. The Kier molecular flexibility index (Phi) is 3.48. The highest BCUT2D eigenvalue weighted by molar-refractivity contribution is 5.79. The smallest absolute Gasteiger partial charge is 0.0858 e. The lowest BCUT2D eigenvalue weighted by molar-refractivity contribution is 0.0309. The van der Waals surface area contributed by atoms with Crippen molar-refractivity contribution >= 4 is 10.9 Å². The molecule has 3 heteroatoms. The molecule has 20 heavy (non-hydrogen) atoms. The number of aliphatic hydroxyl groups excluding tert-OH is 1. The summed E-state index contributed by atoms with van der Waals surface area (Å²) in [5, 5.41) is 11.9. The van der Waals surface area contributed by atoms with Crippen molar-refractivity contribution in [3.05, 3.63) is 42.1 Å². The molecule has 1 heterocycles. The highest BCUT2D eigenvalue weighted by atomic mass is 16.3. The van der Waals surface area contributed by atoms with E-state index in [0.717, 1.165) is 35.7 Å². The molecule has 0 spiro atoms. The molecule has 1 aromatic carbocycles. The van der Waals surface area contributed by atoms with Gasteiger partial charge >= 0.3 is 0 Å². The molecule has 0 radical (unpaired) electrons. The number of benzene rings is 1. The van der Waals surface area contributed by atoms with E-state index in [1.165, 1.54) is 0 Å². The van der Waals surface area contributed by atoms with Crippen molar-refractivity contribution in [2.45, 2.75) is 32.3 Å². The van der Waals surface area contributed by atoms with E-state index in [2.05, 4.69) is 11.9 Å². The third kappa shape index (κ3) is 2.21. The molecular weight excluding hydrogens is 248 g/mol. The van der Waals surface area contributed by atoms with Crippen molar-refractivity contribution < 1.29 is 5.11 Å². The van der Waals surface area contributed by atoms with Crippen LogP contribution >= 0.6 is 0 Å². The number of aromatic nitrogens is 1. The lowest BCUT2D eigenvalue weighted by atomic mass is 9.76. The summed E-state index contributed by atoms with van der Waals surface area (Å²) in [5.74, 6) is 0.648. The topological polar surface area (TPSA) is 59.1 Å². The van der Waals surface area contributed by atoms with Crippen LogP contribution in [0, 0.1) is 11.3 Å². The van der Waals surface area contributed by atoms with Crippen LogP contribution in [0.5, 0.6) is 0 Å². The average Bonchev–Trinajstić information content (AvgIpc) is 2.88. The number of aliphatic hydroxyl groups is 1. The van der Waals surface area contributed by atoms with Gasteiger partial charge in [0.25, 0.3) is 0 Å². The maximum absolute atomic E-state index is 10.8. The molecule has 3 rings (SSSR count). The van der Waals surface area contributed by atoms with Gasteiger partial charge in [0.2, 0.25) is 0 Å². The Morgan fingerprint density at radius 1 is 1.45 bits per heavy atom. The summed E-state index contributed by atoms with van der Waals surface area (Å²) < 4.78 is 0. The zero-order chi connectivity index (χ0) is 14.2. The minimum Gasteiger partial charge on any atom is -0.388 e. The number of hydrogen-bond acceptors (Lipinski definition) is 3. The molecule has 0 aliphatic heterocycles. The summed E-state index contributed by atoms with van der Waals surface area (Å²) in [6.45, 7) is 2.79. The van der Waals surface area contributed by atoms with Gasteiger partial charge in [-0.15, -0.1) is 0 Å². The van der Waals surface area contributed by atoms with Crippen molar-refractivity contribution in [1.29, 1.82) is 0 Å². The van der Waals surface area contributed by atoms with Crippen LogP contribution in [0.15, 0.2) is 36.5 Å². The van der Waals surface area contributed by atoms with Crippen LogP contribution in [-0.2, 0) is 0 Å². The molecule has 0 saturated heterocycles. The molecule has 106 valence electrons. The molecule has 3 unspecified atom stereocenters. The average molecular weight is 270 g/mol. The minimum atomic E-state index is -0.484. The lowest BCUT2D eigenvalue weighted by Crippen LogP contribution is -2.34. The monoisotopic (exact) mass is 270 g/mol. The van der Waals surface area contributed by atoms with Crippen molar-refractivity contribution in [3.8, 4) is 0 Å². The highest BCUT2D eigenvalue weighted by Crippen LogP contribution is 2.49. The predicted octanol–water partition coefficient (Wildman–Crippen LogP) is 3.03. The molecule has 0 amide bonds. The number of hydrogen-bond donors (Lipinski definition) is 2. The molecule has 1 aliphatic carbocycles. The molecule has 0 bridgehead atoms. The van der Waals surface area contributed by atoms with E-state index in [0.29, 0.717) is 12.5 Å². The third-order valence-corrected chi connectivity index (χ3v) is 4.82. The van der Waals surface area contributed by atoms with Crippen molar-refractivity contribution in [1.82, 2.24) is 4.98 Å². The maximum Gasteiger partial charge on any atom is 0.0858 e. The fraction of sp³-hybridized carbons (Fsp3) is 0.471. The second-order valence-corrected chi connectivity index (χ2v) is 6.27. The van der Waals surface area contributed by atoms with Crippen molar-refractivity contribution in [2.24, 2.45) is 17.1 Å². The second-order valence-electron chi connectivity index (χ2n) is 6.27. The zero-order valence-corrected chi connectivity index (χ0v) is 11.9. The van der Waals surface area contributed by atoms with Crippen LogP contribution in [0.2, 0.25) is 0 Å². The lowest BCUT2D eigenvalue weighted by Gasteiger charge is -2.33. The largest absolute Gasteiger partial charge is 0.388 e. The van der Waals surface area contributed by atoms with Gasteiger partial charge in [0.15, 0.2) is 0 Å². The minimum absolute atomic E-state index is 0.157. The Morgan fingerprint density at radius 3 is 3.00 bits per heavy atom. The maximum atomic E-state index is 10.8. The van der Waals surface area contributed by atoms with E-state index < -0.39 is 6.10 Å². The van der Waals surface area contributed by atoms with Gasteiger partial charge in [-0.1, -0.05) is 25.5 Å². The highest BCUT2D eigenvalue weighted by Gasteiger charge is 2.42. The van der Waals surface area contributed by atoms with Crippen LogP contribution in [-0.4, -0.2) is 16.6 Å². The second kappa shape index (κ2) is 5.15. The van der Waals surface area contributed by atoms with E-state index >= 15 is 0 Å². The molecule has 3 N–H and O–H groups in total. The Balaban J connectivity index is 1.97. The first-order chi connectivity index (χ1) is 9.64. The first-order valence-electron chi connectivity index (χ1n) is 7.37. The van der Waals surface area contributed by atoms with Crippen LogP contribution in [0.4, 0.5) is 0 Å². The number of pyridine rings is 1. The molecule has 1 aromatic heterocycles. The van der Waals surface area contributed by atoms with Gasteiger partial charge in [0, 0.05) is 23.5 Å². The van der Waals surface area contributed by atoms with E-state index in [-0.39, 0.29) is 5.41 Å². The van der Waals surface area contributed by atoms with Gasteiger partial charge in [-0.25, -0.2) is 0 Å². The SMILES string of the molecule is CC1CCC(CN)(C(O)c2ccc3ncccc3c2)C1. The zero-order valence-electron chi connectivity index (χ0n) is 11.9. The summed E-state index contributed by atoms with van der Waals surface area (Å²) in [7, 11) is 0. The first kappa shape index (κ1) is 13.5. The Bertz CT molecular complexity index is 613. The fourth-order valence-corrected chi connectivity index (χ4v) is 3.60. The van der Waals surface area contributed by atoms with Gasteiger partial charge in [-0.05, 0) is 42.5 Å². The normalized spacial score (nSPS) is 27.9. The van der Waals surface area contributed by atoms with Crippen molar-refractivity contribution in [3.63, 3.8) is 0 Å². The first-order valence-corrected chi connectivity index (χ1v) is 7.37. The third-order valence-electron chi connectivity index (χ3n) is 4.82. The Hall–Kier alpha value is -1.45. The van der Waals surface area contributed by atoms with Crippen LogP contribution < -0.4 is 5.73 Å². The van der Waals surface area contributed by atoms with Gasteiger partial charge in [0.1, 0.15) is 0 Å². The molecule has 3 atom stereocenters. The van der Waals surface area contributed by atoms with Crippen LogP contribution in [0.25, 0.3) is 10.9 Å². The molecular formula is C17H22N2O. The summed E-state index contributed by atoms with van der Waals surface area (Å²) in [4.78, 5) is 4.32.